The van der Waals surface area contributed by atoms with Crippen molar-refractivity contribution in [3.8, 4) is 28.4 Å². The average Bonchev–Trinajstić information content (AvgIpc) is 3.27. The maximum Gasteiger partial charge on any atom is 0.279 e. The van der Waals surface area contributed by atoms with Gasteiger partial charge >= 0.3 is 0 Å². The molecule has 0 unspecified atom stereocenters. The summed E-state index contributed by atoms with van der Waals surface area (Å²) in [6.07, 6.45) is 6.33. The number of ether oxygens (including phenoxy) is 2. The van der Waals surface area contributed by atoms with Gasteiger partial charge in [0, 0.05) is 24.2 Å². The summed E-state index contributed by atoms with van der Waals surface area (Å²) in [5.74, 6) is 1.18. The van der Waals surface area contributed by atoms with E-state index in [1.54, 1.807) is 44.0 Å². The van der Waals surface area contributed by atoms with Gasteiger partial charge in [0.05, 0.1) is 18.6 Å². The predicted molar refractivity (Wildman–Crippen MR) is 121 cm³/mol. The number of hydrogen-bond acceptors (Lipinski definition) is 5. The third-order valence-corrected chi connectivity index (χ3v) is 4.09. The van der Waals surface area contributed by atoms with Gasteiger partial charge in [0.15, 0.2) is 0 Å². The zero-order valence-corrected chi connectivity index (χ0v) is 17.7. The number of furan rings is 1. The minimum Gasteiger partial charge on any atom is -0.491 e. The molecule has 3 rings (SSSR count). The molecule has 0 aliphatic rings. The number of benzene rings is 2. The average molecular weight is 419 g/mol. The first-order valence-corrected chi connectivity index (χ1v) is 9.79. The van der Waals surface area contributed by atoms with E-state index in [0.717, 1.165) is 11.1 Å². The minimum absolute atomic E-state index is 0.0698. The third-order valence-electron chi connectivity index (χ3n) is 4.09. The molecule has 7 nitrogen and oxygen atoms in total. The Morgan fingerprint density at radius 2 is 1.81 bits per heavy atom. The third kappa shape index (κ3) is 6.24. The highest BCUT2D eigenvalue weighted by Crippen LogP contribution is 2.30. The predicted octanol–water partition coefficient (Wildman–Crippen LogP) is 4.76. The number of amides is 1. The molecule has 0 bridgehead atoms. The first kappa shape index (κ1) is 21.7. The zero-order chi connectivity index (χ0) is 22.2. The van der Waals surface area contributed by atoms with Gasteiger partial charge < -0.3 is 24.9 Å². The molecule has 0 aliphatic carbocycles. The van der Waals surface area contributed by atoms with Crippen LogP contribution in [0.2, 0.25) is 0 Å². The first-order chi connectivity index (χ1) is 14.9. The van der Waals surface area contributed by atoms with E-state index in [-0.39, 0.29) is 11.9 Å². The summed E-state index contributed by atoms with van der Waals surface area (Å²) < 4.78 is 16.9. The molecule has 2 aromatic carbocycles. The number of amidine groups is 1. The monoisotopic (exact) mass is 419 g/mol. The van der Waals surface area contributed by atoms with Crippen LogP contribution in [-0.4, -0.2) is 24.9 Å². The molecule has 0 spiro atoms. The number of nitrogens with one attached hydrogen (secondary N) is 1. The van der Waals surface area contributed by atoms with E-state index >= 15 is 0 Å². The normalized spacial score (nSPS) is 11.7. The molecule has 0 saturated heterocycles. The Morgan fingerprint density at radius 1 is 1.06 bits per heavy atom. The van der Waals surface area contributed by atoms with Gasteiger partial charge in [-0.3, -0.25) is 4.79 Å². The summed E-state index contributed by atoms with van der Waals surface area (Å²) in [5.41, 5.74) is 8.06. The van der Waals surface area contributed by atoms with Crippen LogP contribution < -0.4 is 20.5 Å². The lowest BCUT2D eigenvalue weighted by molar-refractivity contribution is 0.100. The van der Waals surface area contributed by atoms with Crippen molar-refractivity contribution in [1.29, 1.82) is 0 Å². The van der Waals surface area contributed by atoms with Crippen LogP contribution >= 0.6 is 0 Å². The van der Waals surface area contributed by atoms with Crippen molar-refractivity contribution in [3.63, 3.8) is 0 Å². The molecular weight excluding hydrogens is 394 g/mol. The molecule has 160 valence electrons. The molecule has 0 fully saturated rings. The second kappa shape index (κ2) is 10.2. The zero-order valence-electron chi connectivity index (χ0n) is 17.7. The fourth-order valence-electron chi connectivity index (χ4n) is 2.76. The van der Waals surface area contributed by atoms with Crippen LogP contribution in [0.5, 0.6) is 17.2 Å². The van der Waals surface area contributed by atoms with E-state index in [1.807, 2.05) is 44.2 Å². The standard InChI is InChI=1S/C24H25N3O4/c1-16(2)30-21-12-19(24(28)27-23(25)8-10-26-3)13-22(14-21)31-20-6-4-17(5-7-20)18-9-11-29-15-18/h4-16,26H,1-3H3,(H2,25,27,28)/b10-8-. The number of carbonyl (C=O) groups excluding carboxylic acids is 1. The largest absolute Gasteiger partial charge is 0.491 e. The van der Waals surface area contributed by atoms with E-state index in [9.17, 15) is 4.79 Å². The lowest BCUT2D eigenvalue weighted by atomic mass is 10.1. The number of aliphatic imine (C=N–C) groups is 1. The second-order valence-corrected chi connectivity index (χ2v) is 6.96. The van der Waals surface area contributed by atoms with Gasteiger partial charge in [0.25, 0.3) is 5.91 Å². The summed E-state index contributed by atoms with van der Waals surface area (Å²) in [7, 11) is 1.73. The van der Waals surface area contributed by atoms with Gasteiger partial charge in [-0.25, -0.2) is 0 Å². The number of nitrogens with zero attached hydrogens (tertiary/aromatic N) is 1. The molecule has 7 heteroatoms. The Bertz CT molecular complexity index is 1070. The highest BCUT2D eigenvalue weighted by Gasteiger charge is 2.12. The Hall–Kier alpha value is -4.00. The summed E-state index contributed by atoms with van der Waals surface area (Å²) in [6.45, 7) is 3.81. The van der Waals surface area contributed by atoms with Crippen molar-refractivity contribution in [2.45, 2.75) is 20.0 Å². The molecule has 1 heterocycles. The van der Waals surface area contributed by atoms with E-state index < -0.39 is 5.91 Å². The Kier molecular flexibility index (Phi) is 7.11. The van der Waals surface area contributed by atoms with Gasteiger partial charge in [-0.1, -0.05) is 12.1 Å². The number of rotatable bonds is 8. The van der Waals surface area contributed by atoms with Crippen LogP contribution in [0.1, 0.15) is 24.2 Å². The molecule has 0 saturated carbocycles. The van der Waals surface area contributed by atoms with Crippen LogP contribution in [0.4, 0.5) is 0 Å². The first-order valence-electron chi connectivity index (χ1n) is 9.79. The SMILES string of the molecule is CN/C=C\C(N)=NC(=O)c1cc(Oc2ccc(-c3ccoc3)cc2)cc(OC(C)C)c1. The smallest absolute Gasteiger partial charge is 0.279 e. The molecule has 0 atom stereocenters. The van der Waals surface area contributed by atoms with Crippen molar-refractivity contribution in [2.75, 3.05) is 7.05 Å². The lowest BCUT2D eigenvalue weighted by Gasteiger charge is -2.13. The van der Waals surface area contributed by atoms with E-state index in [0.29, 0.717) is 22.8 Å². The lowest BCUT2D eigenvalue weighted by Crippen LogP contribution is -2.13. The fraction of sp³-hybridized carbons (Fsp3) is 0.167. The molecule has 31 heavy (non-hydrogen) atoms. The van der Waals surface area contributed by atoms with Gasteiger partial charge in [0.1, 0.15) is 23.1 Å². The van der Waals surface area contributed by atoms with Crippen molar-refractivity contribution in [1.82, 2.24) is 5.32 Å². The maximum atomic E-state index is 12.6. The van der Waals surface area contributed by atoms with Crippen LogP contribution in [0, 0.1) is 0 Å². The number of hydrogen-bond donors (Lipinski definition) is 2. The quantitative estimate of drug-likeness (QED) is 0.404. The van der Waals surface area contributed by atoms with Crippen molar-refractivity contribution in [2.24, 2.45) is 10.7 Å². The molecule has 0 aliphatic heterocycles. The van der Waals surface area contributed by atoms with Crippen molar-refractivity contribution >= 4 is 11.7 Å². The van der Waals surface area contributed by atoms with Gasteiger partial charge in [-0.15, -0.1) is 0 Å². The molecule has 1 amide bonds. The molecular formula is C24H25N3O4. The molecule has 1 aromatic heterocycles. The number of nitrogens with two attached hydrogens (primary N) is 1. The second-order valence-electron chi connectivity index (χ2n) is 6.96. The van der Waals surface area contributed by atoms with Crippen LogP contribution in [0.15, 0.2) is 82.7 Å². The summed E-state index contributed by atoms with van der Waals surface area (Å²) in [6, 6.07) is 14.4. The highest BCUT2D eigenvalue weighted by atomic mass is 16.5. The molecule has 3 aromatic rings. The molecule has 3 N–H and O–H groups in total. The van der Waals surface area contributed by atoms with Crippen LogP contribution in [0.25, 0.3) is 11.1 Å². The summed E-state index contributed by atoms with van der Waals surface area (Å²) >= 11 is 0. The minimum atomic E-state index is -0.493. The van der Waals surface area contributed by atoms with E-state index in [4.69, 9.17) is 19.6 Å². The molecule has 0 radical (unpaired) electrons. The van der Waals surface area contributed by atoms with Crippen molar-refractivity contribution < 1.29 is 18.7 Å². The fourth-order valence-corrected chi connectivity index (χ4v) is 2.76. The van der Waals surface area contributed by atoms with Crippen molar-refractivity contribution in [3.05, 3.63) is 78.9 Å². The Balaban J connectivity index is 1.86. The highest BCUT2D eigenvalue weighted by molar-refractivity contribution is 6.06. The summed E-state index contributed by atoms with van der Waals surface area (Å²) in [5, 5.41) is 2.79. The Morgan fingerprint density at radius 3 is 2.45 bits per heavy atom. The summed E-state index contributed by atoms with van der Waals surface area (Å²) in [4.78, 5) is 16.5. The van der Waals surface area contributed by atoms with E-state index in [2.05, 4.69) is 10.3 Å². The Labute approximate surface area is 181 Å². The topological polar surface area (TPSA) is 99.1 Å². The number of carbonyl (C=O) groups is 1. The van der Waals surface area contributed by atoms with Crippen LogP contribution in [0.3, 0.4) is 0 Å². The van der Waals surface area contributed by atoms with E-state index in [1.165, 1.54) is 6.08 Å². The maximum absolute atomic E-state index is 12.6. The van der Waals surface area contributed by atoms with Crippen LogP contribution in [-0.2, 0) is 0 Å². The van der Waals surface area contributed by atoms with Gasteiger partial charge in [-0.05, 0) is 62.0 Å². The van der Waals surface area contributed by atoms with Gasteiger partial charge in [0.2, 0.25) is 0 Å². The van der Waals surface area contributed by atoms with Gasteiger partial charge in [-0.2, -0.15) is 4.99 Å².